The third kappa shape index (κ3) is 4.51. The van der Waals surface area contributed by atoms with Crippen molar-refractivity contribution in [1.29, 1.82) is 0 Å². The lowest BCUT2D eigenvalue weighted by Crippen LogP contribution is -2.07. The first kappa shape index (κ1) is 16.8. The number of thiazole rings is 1. The van der Waals surface area contributed by atoms with Crippen molar-refractivity contribution in [3.63, 3.8) is 0 Å². The zero-order valence-corrected chi connectivity index (χ0v) is 14.2. The van der Waals surface area contributed by atoms with Crippen molar-refractivity contribution in [2.75, 3.05) is 12.0 Å². The second-order valence-electron chi connectivity index (χ2n) is 5.05. The van der Waals surface area contributed by atoms with Crippen molar-refractivity contribution in [3.8, 4) is 0 Å². The number of carbonyl (C=O) groups excluding carboxylic acids is 1. The van der Waals surface area contributed by atoms with E-state index in [1.807, 2.05) is 6.07 Å². The van der Waals surface area contributed by atoms with E-state index in [4.69, 9.17) is 9.15 Å². The Morgan fingerprint density at radius 3 is 3.12 bits per heavy atom. The lowest BCUT2D eigenvalue weighted by molar-refractivity contribution is -0.142. The molecule has 3 aromatic rings. The van der Waals surface area contributed by atoms with Crippen LogP contribution in [-0.4, -0.2) is 23.8 Å². The van der Waals surface area contributed by atoms with Gasteiger partial charge in [-0.2, -0.15) is 5.10 Å². The Kier molecular flexibility index (Phi) is 5.20. The molecule has 8 heteroatoms. The number of fused-ring (bicyclic) bond motifs is 1. The van der Waals surface area contributed by atoms with Gasteiger partial charge in [-0.3, -0.25) is 10.2 Å². The number of aromatic nitrogens is 1. The van der Waals surface area contributed by atoms with Crippen LogP contribution in [0.15, 0.2) is 50.0 Å². The highest BCUT2D eigenvalue weighted by atomic mass is 32.1. The van der Waals surface area contributed by atoms with Crippen LogP contribution in [-0.2, 0) is 16.0 Å². The third-order valence-electron chi connectivity index (χ3n) is 3.20. The molecular formula is C17H15N3O4S. The van der Waals surface area contributed by atoms with Gasteiger partial charge in [-0.05, 0) is 36.8 Å². The summed E-state index contributed by atoms with van der Waals surface area (Å²) in [4.78, 5) is 26.8. The average molecular weight is 357 g/mol. The summed E-state index contributed by atoms with van der Waals surface area (Å²) in [5.74, 6) is -0.300. The van der Waals surface area contributed by atoms with Crippen molar-refractivity contribution in [2.24, 2.45) is 5.10 Å². The number of nitrogens with zero attached hydrogens (tertiary/aromatic N) is 2. The molecule has 0 amide bonds. The lowest BCUT2D eigenvalue weighted by atomic mass is 10.1. The monoisotopic (exact) mass is 357 g/mol. The highest BCUT2D eigenvalue weighted by molar-refractivity contribution is 7.13. The molecule has 25 heavy (non-hydrogen) atoms. The summed E-state index contributed by atoms with van der Waals surface area (Å²) < 4.78 is 9.97. The molecule has 0 fully saturated rings. The van der Waals surface area contributed by atoms with Gasteiger partial charge in [0.2, 0.25) is 5.13 Å². The van der Waals surface area contributed by atoms with Gasteiger partial charge in [-0.1, -0.05) is 0 Å². The number of esters is 1. The first-order valence-electron chi connectivity index (χ1n) is 7.57. The van der Waals surface area contributed by atoms with E-state index < -0.39 is 0 Å². The number of nitrogens with one attached hydrogen (secondary N) is 1. The van der Waals surface area contributed by atoms with Crippen LogP contribution < -0.4 is 11.1 Å². The molecule has 0 aliphatic rings. The number of hydrazone groups is 1. The zero-order chi connectivity index (χ0) is 17.6. The highest BCUT2D eigenvalue weighted by Gasteiger charge is 2.07. The Hall–Kier alpha value is -3.00. The second kappa shape index (κ2) is 7.71. The SMILES string of the molecule is CCOC(=O)Cc1csc(NN=Cc2ccc3oc(=O)ccc3c2)n1. The van der Waals surface area contributed by atoms with Crippen LogP contribution in [0, 0.1) is 0 Å². The molecule has 0 atom stereocenters. The molecule has 0 radical (unpaired) electrons. The summed E-state index contributed by atoms with van der Waals surface area (Å²) in [7, 11) is 0. The smallest absolute Gasteiger partial charge is 0.336 e. The molecule has 128 valence electrons. The molecule has 3 rings (SSSR count). The molecule has 1 N–H and O–H groups in total. The van der Waals surface area contributed by atoms with Gasteiger partial charge in [0.25, 0.3) is 0 Å². The van der Waals surface area contributed by atoms with Gasteiger partial charge in [0.05, 0.1) is 24.9 Å². The van der Waals surface area contributed by atoms with Crippen LogP contribution in [0.5, 0.6) is 0 Å². The summed E-state index contributed by atoms with van der Waals surface area (Å²) >= 11 is 1.36. The maximum absolute atomic E-state index is 11.4. The maximum Gasteiger partial charge on any atom is 0.336 e. The fourth-order valence-electron chi connectivity index (χ4n) is 2.13. The van der Waals surface area contributed by atoms with Gasteiger partial charge in [0.15, 0.2) is 0 Å². The molecule has 0 saturated heterocycles. The van der Waals surface area contributed by atoms with E-state index in [9.17, 15) is 9.59 Å². The summed E-state index contributed by atoms with van der Waals surface area (Å²) in [5.41, 5.74) is 4.46. The first-order valence-corrected chi connectivity index (χ1v) is 8.45. The Morgan fingerprint density at radius 1 is 1.40 bits per heavy atom. The number of ether oxygens (including phenoxy) is 1. The van der Waals surface area contributed by atoms with Crippen molar-refractivity contribution in [1.82, 2.24) is 4.98 Å². The second-order valence-corrected chi connectivity index (χ2v) is 5.91. The summed E-state index contributed by atoms with van der Waals surface area (Å²) in [6.07, 6.45) is 1.78. The standard InChI is InChI=1S/C17H15N3O4S/c1-2-23-16(22)8-13-10-25-17(19-13)20-18-9-11-3-5-14-12(7-11)4-6-15(21)24-14/h3-7,9-10H,2,8H2,1H3,(H,19,20). The van der Waals surface area contributed by atoms with E-state index in [2.05, 4.69) is 15.5 Å². The third-order valence-corrected chi connectivity index (χ3v) is 4.00. The molecule has 1 aromatic carbocycles. The van der Waals surface area contributed by atoms with Gasteiger partial charge < -0.3 is 9.15 Å². The molecule has 0 aliphatic heterocycles. The minimum atomic E-state index is -0.377. The highest BCUT2D eigenvalue weighted by Crippen LogP contribution is 2.16. The van der Waals surface area contributed by atoms with Crippen LogP contribution in [0.25, 0.3) is 11.0 Å². The fourth-order valence-corrected chi connectivity index (χ4v) is 2.79. The Morgan fingerprint density at radius 2 is 2.28 bits per heavy atom. The van der Waals surface area contributed by atoms with Crippen LogP contribution in [0.3, 0.4) is 0 Å². The average Bonchev–Trinajstić information content (AvgIpc) is 3.02. The molecule has 0 spiro atoms. The van der Waals surface area contributed by atoms with E-state index >= 15 is 0 Å². The number of hydrogen-bond donors (Lipinski definition) is 1. The van der Waals surface area contributed by atoms with Crippen LogP contribution in [0.4, 0.5) is 5.13 Å². The molecule has 0 saturated carbocycles. The van der Waals surface area contributed by atoms with E-state index in [-0.39, 0.29) is 18.0 Å². The molecule has 0 aliphatic carbocycles. The van der Waals surface area contributed by atoms with E-state index in [0.717, 1.165) is 10.9 Å². The van der Waals surface area contributed by atoms with Gasteiger partial charge in [-0.25, -0.2) is 9.78 Å². The largest absolute Gasteiger partial charge is 0.466 e. The van der Waals surface area contributed by atoms with Crippen molar-refractivity contribution >= 4 is 39.6 Å². The van der Waals surface area contributed by atoms with E-state index in [1.54, 1.807) is 36.7 Å². The number of carbonyl (C=O) groups is 1. The number of anilines is 1. The van der Waals surface area contributed by atoms with Crippen LogP contribution in [0.2, 0.25) is 0 Å². The van der Waals surface area contributed by atoms with E-state index in [1.165, 1.54) is 17.4 Å². The summed E-state index contributed by atoms with van der Waals surface area (Å²) in [6.45, 7) is 2.12. The molecule has 2 aromatic heterocycles. The molecule has 7 nitrogen and oxygen atoms in total. The maximum atomic E-state index is 11.4. The lowest BCUT2D eigenvalue weighted by Gasteiger charge is -1.98. The zero-order valence-electron chi connectivity index (χ0n) is 13.4. The Labute approximate surface area is 147 Å². The minimum Gasteiger partial charge on any atom is -0.466 e. The quantitative estimate of drug-likeness (QED) is 0.315. The van der Waals surface area contributed by atoms with Gasteiger partial charge in [0, 0.05) is 16.8 Å². The molecule has 0 bridgehead atoms. The normalized spacial score (nSPS) is 11.1. The predicted octanol–water partition coefficient (Wildman–Crippen LogP) is 2.80. The van der Waals surface area contributed by atoms with Crippen molar-refractivity contribution in [2.45, 2.75) is 13.3 Å². The van der Waals surface area contributed by atoms with Crippen molar-refractivity contribution < 1.29 is 13.9 Å². The Bertz CT molecular complexity index is 977. The number of hydrogen-bond acceptors (Lipinski definition) is 8. The van der Waals surface area contributed by atoms with E-state index in [0.29, 0.717) is 23.0 Å². The van der Waals surface area contributed by atoms with Crippen molar-refractivity contribution in [3.05, 3.63) is 57.4 Å². The number of benzene rings is 1. The topological polar surface area (TPSA) is 93.8 Å². The molecule has 2 heterocycles. The van der Waals surface area contributed by atoms with Crippen LogP contribution >= 0.6 is 11.3 Å². The van der Waals surface area contributed by atoms with Crippen LogP contribution in [0.1, 0.15) is 18.2 Å². The minimum absolute atomic E-state index is 0.144. The number of rotatable bonds is 6. The molecular weight excluding hydrogens is 342 g/mol. The van der Waals surface area contributed by atoms with Gasteiger partial charge >= 0.3 is 11.6 Å². The summed E-state index contributed by atoms with van der Waals surface area (Å²) in [6, 6.07) is 8.46. The first-order chi connectivity index (χ1) is 12.1. The molecule has 0 unspecified atom stereocenters. The predicted molar refractivity (Wildman–Crippen MR) is 96.2 cm³/mol. The van der Waals surface area contributed by atoms with Gasteiger partial charge in [-0.15, -0.1) is 11.3 Å². The Balaban J connectivity index is 1.63. The fraction of sp³-hybridized carbons (Fsp3) is 0.176. The summed E-state index contributed by atoms with van der Waals surface area (Å²) in [5, 5.41) is 7.31. The van der Waals surface area contributed by atoms with Gasteiger partial charge in [0.1, 0.15) is 5.58 Å².